The maximum Gasteiger partial charge on any atom is 0.0481 e. The Morgan fingerprint density at radius 2 is 1.90 bits per heavy atom. The zero-order chi connectivity index (χ0) is 14.4. The van der Waals surface area contributed by atoms with Gasteiger partial charge in [0.15, 0.2) is 0 Å². The predicted octanol–water partition coefficient (Wildman–Crippen LogP) is 5.19. The highest BCUT2D eigenvalue weighted by atomic mass is 32.2. The van der Waals surface area contributed by atoms with Crippen LogP contribution < -0.4 is 5.32 Å². The van der Waals surface area contributed by atoms with Crippen LogP contribution in [0.25, 0.3) is 0 Å². The second kappa shape index (κ2) is 7.20. The van der Waals surface area contributed by atoms with E-state index < -0.39 is 0 Å². The van der Waals surface area contributed by atoms with E-state index in [2.05, 4.69) is 68.2 Å². The van der Waals surface area contributed by atoms with Crippen molar-refractivity contribution >= 4 is 17.4 Å². The van der Waals surface area contributed by atoms with Gasteiger partial charge in [-0.2, -0.15) is 0 Å². The van der Waals surface area contributed by atoms with Crippen LogP contribution in [-0.2, 0) is 6.54 Å². The molecule has 2 aromatic carbocycles. The smallest absolute Gasteiger partial charge is 0.0481 e. The third-order valence-corrected chi connectivity index (χ3v) is 4.37. The van der Waals surface area contributed by atoms with E-state index in [4.69, 9.17) is 0 Å². The van der Waals surface area contributed by atoms with Crippen molar-refractivity contribution in [1.82, 2.24) is 0 Å². The van der Waals surface area contributed by atoms with Crippen LogP contribution in [-0.4, -0.2) is 5.75 Å². The van der Waals surface area contributed by atoms with Crippen molar-refractivity contribution in [3.8, 4) is 0 Å². The molecular weight excluding hydrogens is 262 g/mol. The van der Waals surface area contributed by atoms with Crippen LogP contribution >= 0.6 is 11.8 Å². The highest BCUT2D eigenvalue weighted by molar-refractivity contribution is 7.99. The van der Waals surface area contributed by atoms with Gasteiger partial charge in [-0.3, -0.25) is 0 Å². The average Bonchev–Trinajstić information content (AvgIpc) is 2.47. The molecule has 104 valence electrons. The second-order valence-corrected chi connectivity index (χ2v) is 5.93. The maximum atomic E-state index is 3.78. The first kappa shape index (κ1) is 14.7. The summed E-state index contributed by atoms with van der Waals surface area (Å²) in [6.07, 6.45) is 1.94. The monoisotopic (exact) mass is 283 g/mol. The second-order valence-electron chi connectivity index (χ2n) is 4.87. The summed E-state index contributed by atoms with van der Waals surface area (Å²) in [6, 6.07) is 15.1. The SMILES string of the molecule is C=CCSc1ccccc1NCc1ccc(C)c(C)c1. The van der Waals surface area contributed by atoms with Crippen LogP contribution in [0.5, 0.6) is 0 Å². The van der Waals surface area contributed by atoms with E-state index in [9.17, 15) is 0 Å². The van der Waals surface area contributed by atoms with Gasteiger partial charge in [0, 0.05) is 22.9 Å². The van der Waals surface area contributed by atoms with Crippen LogP contribution in [0.1, 0.15) is 16.7 Å². The quantitative estimate of drug-likeness (QED) is 0.578. The molecule has 0 amide bonds. The summed E-state index contributed by atoms with van der Waals surface area (Å²) >= 11 is 1.81. The van der Waals surface area contributed by atoms with Crippen LogP contribution in [0.2, 0.25) is 0 Å². The minimum atomic E-state index is 0.854. The third-order valence-electron chi connectivity index (χ3n) is 3.30. The Kier molecular flexibility index (Phi) is 5.31. The third kappa shape index (κ3) is 3.91. The van der Waals surface area contributed by atoms with Gasteiger partial charge in [-0.15, -0.1) is 18.3 Å². The van der Waals surface area contributed by atoms with Gasteiger partial charge in [0.25, 0.3) is 0 Å². The minimum Gasteiger partial charge on any atom is -0.380 e. The van der Waals surface area contributed by atoms with Crippen molar-refractivity contribution in [3.63, 3.8) is 0 Å². The van der Waals surface area contributed by atoms with E-state index in [-0.39, 0.29) is 0 Å². The number of hydrogen-bond donors (Lipinski definition) is 1. The minimum absolute atomic E-state index is 0.854. The molecule has 20 heavy (non-hydrogen) atoms. The molecule has 0 spiro atoms. The van der Waals surface area contributed by atoms with Gasteiger partial charge in [0.05, 0.1) is 0 Å². The number of thioether (sulfide) groups is 1. The molecule has 0 aliphatic rings. The number of nitrogens with one attached hydrogen (secondary N) is 1. The van der Waals surface area contributed by atoms with Crippen LogP contribution in [0.15, 0.2) is 60.0 Å². The molecule has 0 aliphatic carbocycles. The number of aryl methyl sites for hydroxylation is 2. The molecule has 0 unspecified atom stereocenters. The standard InChI is InChI=1S/C18H21NS/c1-4-11-20-18-8-6-5-7-17(18)19-13-16-10-9-14(2)15(3)12-16/h4-10,12,19H,1,11,13H2,2-3H3. The normalized spacial score (nSPS) is 10.3. The van der Waals surface area contributed by atoms with Crippen molar-refractivity contribution in [1.29, 1.82) is 0 Å². The number of hydrogen-bond acceptors (Lipinski definition) is 2. The largest absolute Gasteiger partial charge is 0.380 e. The molecule has 1 nitrogen and oxygen atoms in total. The van der Waals surface area contributed by atoms with Crippen molar-refractivity contribution in [2.24, 2.45) is 0 Å². The average molecular weight is 283 g/mol. The van der Waals surface area contributed by atoms with Gasteiger partial charge in [-0.05, 0) is 42.7 Å². The topological polar surface area (TPSA) is 12.0 Å². The van der Waals surface area contributed by atoms with Gasteiger partial charge in [0.1, 0.15) is 0 Å². The van der Waals surface area contributed by atoms with E-state index in [0.29, 0.717) is 0 Å². The first-order chi connectivity index (χ1) is 9.70. The van der Waals surface area contributed by atoms with Crippen LogP contribution in [0.3, 0.4) is 0 Å². The van der Waals surface area contributed by atoms with Gasteiger partial charge in [0.2, 0.25) is 0 Å². The highest BCUT2D eigenvalue weighted by Gasteiger charge is 2.02. The fourth-order valence-corrected chi connectivity index (χ4v) is 2.77. The van der Waals surface area contributed by atoms with E-state index >= 15 is 0 Å². The summed E-state index contributed by atoms with van der Waals surface area (Å²) < 4.78 is 0. The van der Waals surface area contributed by atoms with Crippen molar-refractivity contribution in [3.05, 3.63) is 71.8 Å². The fourth-order valence-electron chi connectivity index (χ4n) is 2.00. The molecule has 0 saturated heterocycles. The molecule has 0 atom stereocenters. The first-order valence-electron chi connectivity index (χ1n) is 6.83. The zero-order valence-corrected chi connectivity index (χ0v) is 13.0. The molecule has 1 N–H and O–H groups in total. The predicted molar refractivity (Wildman–Crippen MR) is 90.6 cm³/mol. The van der Waals surface area contributed by atoms with Gasteiger partial charge < -0.3 is 5.32 Å². The molecule has 0 bridgehead atoms. The summed E-state index contributed by atoms with van der Waals surface area (Å²) in [5.74, 6) is 0.933. The number of para-hydroxylation sites is 1. The molecule has 2 heteroatoms. The lowest BCUT2D eigenvalue weighted by atomic mass is 10.1. The molecule has 2 rings (SSSR count). The molecule has 0 aliphatic heterocycles. The Morgan fingerprint density at radius 1 is 1.10 bits per heavy atom. The van der Waals surface area contributed by atoms with Crippen molar-refractivity contribution < 1.29 is 0 Å². The molecule has 0 saturated carbocycles. The van der Waals surface area contributed by atoms with E-state index in [0.717, 1.165) is 12.3 Å². The maximum absolute atomic E-state index is 3.78. The summed E-state index contributed by atoms with van der Waals surface area (Å²) in [6.45, 7) is 8.94. The molecule has 0 aromatic heterocycles. The molecular formula is C18H21NS. The first-order valence-corrected chi connectivity index (χ1v) is 7.82. The van der Waals surface area contributed by atoms with E-state index in [1.807, 2.05) is 17.8 Å². The Morgan fingerprint density at radius 3 is 2.65 bits per heavy atom. The number of benzene rings is 2. The summed E-state index contributed by atoms with van der Waals surface area (Å²) in [5.41, 5.74) is 5.20. The van der Waals surface area contributed by atoms with Crippen molar-refractivity contribution in [2.75, 3.05) is 11.1 Å². The Balaban J connectivity index is 2.06. The van der Waals surface area contributed by atoms with E-state index in [1.54, 1.807) is 0 Å². The van der Waals surface area contributed by atoms with Gasteiger partial charge >= 0.3 is 0 Å². The summed E-state index contributed by atoms with van der Waals surface area (Å²) in [7, 11) is 0. The van der Waals surface area contributed by atoms with Crippen molar-refractivity contribution in [2.45, 2.75) is 25.3 Å². The Labute approximate surface area is 126 Å². The lowest BCUT2D eigenvalue weighted by Crippen LogP contribution is -2.01. The molecule has 2 aromatic rings. The van der Waals surface area contributed by atoms with E-state index in [1.165, 1.54) is 27.3 Å². The Bertz CT molecular complexity index is 590. The summed E-state index contributed by atoms with van der Waals surface area (Å²) in [5, 5.41) is 3.53. The fraction of sp³-hybridized carbons (Fsp3) is 0.222. The highest BCUT2D eigenvalue weighted by Crippen LogP contribution is 2.27. The lowest BCUT2D eigenvalue weighted by Gasteiger charge is -2.12. The number of anilines is 1. The van der Waals surface area contributed by atoms with Gasteiger partial charge in [-0.25, -0.2) is 0 Å². The molecule has 0 fully saturated rings. The zero-order valence-electron chi connectivity index (χ0n) is 12.1. The Hall–Kier alpha value is -1.67. The lowest BCUT2D eigenvalue weighted by molar-refractivity contribution is 1.12. The molecule has 0 heterocycles. The molecule has 0 radical (unpaired) electrons. The van der Waals surface area contributed by atoms with Crippen LogP contribution in [0, 0.1) is 13.8 Å². The van der Waals surface area contributed by atoms with Gasteiger partial charge in [-0.1, -0.05) is 36.4 Å². The number of rotatable bonds is 6. The van der Waals surface area contributed by atoms with Crippen LogP contribution in [0.4, 0.5) is 5.69 Å². The summed E-state index contributed by atoms with van der Waals surface area (Å²) in [4.78, 5) is 1.27.